The molecule has 2 saturated carbocycles. The van der Waals surface area contributed by atoms with E-state index in [-0.39, 0.29) is 0 Å². The maximum absolute atomic E-state index is 4.53. The van der Waals surface area contributed by atoms with Crippen LogP contribution in [-0.4, -0.2) is 27.9 Å². The van der Waals surface area contributed by atoms with E-state index in [1.807, 2.05) is 0 Å². The molecule has 2 fully saturated rings. The number of hydrogen-bond acceptors (Lipinski definition) is 3. The molecule has 1 aromatic heterocycles. The van der Waals surface area contributed by atoms with Crippen LogP contribution >= 0.6 is 0 Å². The van der Waals surface area contributed by atoms with E-state index in [1.54, 1.807) is 6.33 Å². The summed E-state index contributed by atoms with van der Waals surface area (Å²) in [6.07, 6.45) is 9.78. The first kappa shape index (κ1) is 14.1. The van der Waals surface area contributed by atoms with Crippen LogP contribution in [0.5, 0.6) is 0 Å². The summed E-state index contributed by atoms with van der Waals surface area (Å²) in [6, 6.07) is 0. The topological polar surface area (TPSA) is 42.7 Å². The van der Waals surface area contributed by atoms with Gasteiger partial charge in [-0.15, -0.1) is 0 Å². The standard InChI is InChI=1S/C16H28N4/c1-3-7-17-11-16(9-13-5-6-14(16)8-13)10-15-18-12-19-20(15)4-2/h12-14,17H,3-11H2,1-2H3. The van der Waals surface area contributed by atoms with E-state index in [0.717, 1.165) is 31.3 Å². The normalized spacial score (nSPS) is 32.1. The Labute approximate surface area is 122 Å². The molecule has 0 saturated heterocycles. The predicted molar refractivity (Wildman–Crippen MR) is 80.4 cm³/mol. The highest BCUT2D eigenvalue weighted by molar-refractivity contribution is 5.06. The minimum absolute atomic E-state index is 0.442. The van der Waals surface area contributed by atoms with Crippen molar-refractivity contribution in [3.05, 3.63) is 12.2 Å². The maximum atomic E-state index is 4.53. The van der Waals surface area contributed by atoms with E-state index in [0.29, 0.717) is 5.41 Å². The van der Waals surface area contributed by atoms with Gasteiger partial charge in [0.25, 0.3) is 0 Å². The van der Waals surface area contributed by atoms with Gasteiger partial charge in [0.05, 0.1) is 0 Å². The van der Waals surface area contributed by atoms with E-state index < -0.39 is 0 Å². The summed E-state index contributed by atoms with van der Waals surface area (Å²) < 4.78 is 2.08. The van der Waals surface area contributed by atoms with Crippen molar-refractivity contribution in [1.82, 2.24) is 20.1 Å². The molecule has 1 N–H and O–H groups in total. The number of aromatic nitrogens is 3. The van der Waals surface area contributed by atoms with Crippen molar-refractivity contribution in [1.29, 1.82) is 0 Å². The molecule has 2 aliphatic carbocycles. The van der Waals surface area contributed by atoms with Crippen LogP contribution < -0.4 is 5.32 Å². The zero-order valence-corrected chi connectivity index (χ0v) is 12.9. The molecule has 2 aliphatic rings. The highest BCUT2D eigenvalue weighted by Crippen LogP contribution is 2.56. The van der Waals surface area contributed by atoms with Crippen LogP contribution in [0.4, 0.5) is 0 Å². The van der Waals surface area contributed by atoms with Crippen molar-refractivity contribution in [3.63, 3.8) is 0 Å². The molecule has 1 aromatic rings. The lowest BCUT2D eigenvalue weighted by molar-refractivity contribution is 0.151. The highest BCUT2D eigenvalue weighted by Gasteiger charge is 2.50. The average Bonchev–Trinajstić information content (AvgIpc) is 3.14. The molecule has 3 rings (SSSR count). The van der Waals surface area contributed by atoms with Crippen LogP contribution in [0.1, 0.15) is 51.8 Å². The lowest BCUT2D eigenvalue weighted by atomic mass is 9.70. The molecule has 4 nitrogen and oxygen atoms in total. The van der Waals surface area contributed by atoms with E-state index >= 15 is 0 Å². The van der Waals surface area contributed by atoms with Crippen molar-refractivity contribution in [3.8, 4) is 0 Å². The van der Waals surface area contributed by atoms with Crippen molar-refractivity contribution in [2.24, 2.45) is 17.3 Å². The second-order valence-corrected chi connectivity index (χ2v) is 6.79. The molecule has 4 heteroatoms. The van der Waals surface area contributed by atoms with Gasteiger partial charge in [0.1, 0.15) is 12.2 Å². The molecule has 0 aromatic carbocycles. The molecule has 0 aliphatic heterocycles. The lowest BCUT2D eigenvalue weighted by Gasteiger charge is -2.38. The van der Waals surface area contributed by atoms with Crippen LogP contribution in [-0.2, 0) is 13.0 Å². The fourth-order valence-electron chi connectivity index (χ4n) is 4.57. The third-order valence-corrected chi connectivity index (χ3v) is 5.51. The number of hydrogen-bond donors (Lipinski definition) is 1. The summed E-state index contributed by atoms with van der Waals surface area (Å²) >= 11 is 0. The van der Waals surface area contributed by atoms with Gasteiger partial charge < -0.3 is 5.32 Å². The fraction of sp³-hybridized carbons (Fsp3) is 0.875. The Morgan fingerprint density at radius 3 is 2.95 bits per heavy atom. The predicted octanol–water partition coefficient (Wildman–Crippen LogP) is 2.65. The second-order valence-electron chi connectivity index (χ2n) is 6.79. The summed E-state index contributed by atoms with van der Waals surface area (Å²) in [6.45, 7) is 7.63. The Morgan fingerprint density at radius 2 is 2.30 bits per heavy atom. The van der Waals surface area contributed by atoms with Gasteiger partial charge in [-0.2, -0.15) is 5.10 Å². The SMILES string of the molecule is CCCNCC1(Cc2ncnn2CC)CC2CCC1C2. The first-order chi connectivity index (χ1) is 9.77. The third kappa shape index (κ3) is 2.50. The monoisotopic (exact) mass is 276 g/mol. The number of fused-ring (bicyclic) bond motifs is 2. The molecular weight excluding hydrogens is 248 g/mol. The summed E-state index contributed by atoms with van der Waals surface area (Å²) in [4.78, 5) is 4.53. The Kier molecular flexibility index (Phi) is 4.11. The third-order valence-electron chi connectivity index (χ3n) is 5.51. The van der Waals surface area contributed by atoms with Crippen molar-refractivity contribution >= 4 is 0 Å². The average molecular weight is 276 g/mol. The molecular formula is C16H28N4. The number of nitrogens with one attached hydrogen (secondary N) is 1. The molecule has 0 radical (unpaired) electrons. The summed E-state index contributed by atoms with van der Waals surface area (Å²) in [5.41, 5.74) is 0.442. The van der Waals surface area contributed by atoms with Gasteiger partial charge in [-0.3, -0.25) is 4.68 Å². The Morgan fingerprint density at radius 1 is 1.40 bits per heavy atom. The molecule has 0 amide bonds. The van der Waals surface area contributed by atoms with Crippen LogP contribution in [0.25, 0.3) is 0 Å². The zero-order valence-electron chi connectivity index (χ0n) is 12.9. The summed E-state index contributed by atoms with van der Waals surface area (Å²) in [5, 5.41) is 8.05. The van der Waals surface area contributed by atoms with Gasteiger partial charge in [-0.1, -0.05) is 13.3 Å². The van der Waals surface area contributed by atoms with Crippen molar-refractivity contribution in [2.75, 3.05) is 13.1 Å². The summed E-state index contributed by atoms with van der Waals surface area (Å²) in [7, 11) is 0. The smallest absolute Gasteiger partial charge is 0.138 e. The number of rotatable bonds is 7. The Balaban J connectivity index is 1.76. The first-order valence-electron chi connectivity index (χ1n) is 8.35. The second kappa shape index (κ2) is 5.84. The van der Waals surface area contributed by atoms with Gasteiger partial charge in [0, 0.05) is 19.5 Å². The van der Waals surface area contributed by atoms with E-state index in [9.17, 15) is 0 Å². The molecule has 0 spiro atoms. The Bertz CT molecular complexity index is 441. The van der Waals surface area contributed by atoms with E-state index in [2.05, 4.69) is 33.9 Å². The molecule has 20 heavy (non-hydrogen) atoms. The first-order valence-corrected chi connectivity index (χ1v) is 8.35. The molecule has 1 heterocycles. The van der Waals surface area contributed by atoms with Crippen molar-refractivity contribution < 1.29 is 0 Å². The van der Waals surface area contributed by atoms with Crippen LogP contribution in [0, 0.1) is 17.3 Å². The van der Waals surface area contributed by atoms with Crippen LogP contribution in [0.3, 0.4) is 0 Å². The highest BCUT2D eigenvalue weighted by atomic mass is 15.3. The van der Waals surface area contributed by atoms with E-state index in [4.69, 9.17) is 0 Å². The van der Waals surface area contributed by atoms with Gasteiger partial charge in [0.2, 0.25) is 0 Å². The maximum Gasteiger partial charge on any atom is 0.138 e. The Hall–Kier alpha value is -0.900. The largest absolute Gasteiger partial charge is 0.316 e. The minimum atomic E-state index is 0.442. The van der Waals surface area contributed by atoms with Gasteiger partial charge >= 0.3 is 0 Å². The molecule has 3 atom stereocenters. The fourth-order valence-corrected chi connectivity index (χ4v) is 4.57. The van der Waals surface area contributed by atoms with Crippen molar-refractivity contribution in [2.45, 2.75) is 58.9 Å². The van der Waals surface area contributed by atoms with Gasteiger partial charge in [-0.05, 0) is 56.4 Å². The van der Waals surface area contributed by atoms with Gasteiger partial charge in [0.15, 0.2) is 0 Å². The quantitative estimate of drug-likeness (QED) is 0.779. The molecule has 2 bridgehead atoms. The zero-order chi connectivity index (χ0) is 14.0. The number of aryl methyl sites for hydroxylation is 1. The number of nitrogens with zero attached hydrogens (tertiary/aromatic N) is 3. The van der Waals surface area contributed by atoms with Gasteiger partial charge in [-0.25, -0.2) is 4.98 Å². The van der Waals surface area contributed by atoms with E-state index in [1.165, 1.54) is 44.5 Å². The molecule has 112 valence electrons. The lowest BCUT2D eigenvalue weighted by Crippen LogP contribution is -2.41. The van der Waals surface area contributed by atoms with Crippen LogP contribution in [0.2, 0.25) is 0 Å². The van der Waals surface area contributed by atoms with Crippen LogP contribution in [0.15, 0.2) is 6.33 Å². The molecule has 3 unspecified atom stereocenters. The summed E-state index contributed by atoms with van der Waals surface area (Å²) in [5.74, 6) is 3.07. The minimum Gasteiger partial charge on any atom is -0.316 e.